The zero-order chi connectivity index (χ0) is 32.8. The van der Waals surface area contributed by atoms with Gasteiger partial charge in [0.25, 0.3) is 0 Å². The van der Waals surface area contributed by atoms with Crippen molar-refractivity contribution < 1.29 is 43.3 Å². The van der Waals surface area contributed by atoms with E-state index in [2.05, 4.69) is 15.5 Å². The number of nitrogens with one attached hydrogen (secondary N) is 1. The lowest BCUT2D eigenvalue weighted by Crippen LogP contribution is -2.41. The summed E-state index contributed by atoms with van der Waals surface area (Å²) in [6, 6.07) is 4.67. The van der Waals surface area contributed by atoms with Crippen LogP contribution in [0.3, 0.4) is 0 Å². The van der Waals surface area contributed by atoms with Crippen molar-refractivity contribution in [2.75, 3.05) is 26.2 Å². The summed E-state index contributed by atoms with van der Waals surface area (Å²) in [5.41, 5.74) is -1.02. The fraction of sp³-hybridized carbons (Fsp3) is 0.344. The number of phenols is 2. The van der Waals surface area contributed by atoms with E-state index < -0.39 is 40.3 Å². The number of fused-ring (bicyclic) bond motifs is 3. The first-order chi connectivity index (χ1) is 21.4. The zero-order valence-corrected chi connectivity index (χ0v) is 26.7. The van der Waals surface area contributed by atoms with Crippen LogP contribution in [0.4, 0.5) is 0 Å². The number of nitrogens with zero attached hydrogens (tertiary/aromatic N) is 2. The predicted molar refractivity (Wildman–Crippen MR) is 165 cm³/mol. The van der Waals surface area contributed by atoms with Crippen LogP contribution in [0.1, 0.15) is 60.6 Å². The number of carbonyl (C=O) groups is 3. The van der Waals surface area contributed by atoms with E-state index in [4.69, 9.17) is 18.7 Å². The molecular formula is C32H33N3O9S. The minimum Gasteiger partial charge on any atom is -0.507 e. The Bertz CT molecular complexity index is 1810. The Morgan fingerprint density at radius 2 is 1.84 bits per heavy atom. The standard InChI is InChI=1S/C32H33N3O9S/c1-14-26(38)24(16(3)36)28-25(27(14)39)32(4)22(43-28)13-19(37)23(29(32)40)15(2)33-18(10-11-45-7)31-34-30(35-44-31)17-8-9-20(41-5)21(12-17)42-6/h8-9,12-13,18,33,38-39H,10-11H2,1-7H3/b23-15+/t18?,32-/m1/s1. The lowest BCUT2D eigenvalue weighted by atomic mass is 9.70. The molecule has 0 spiro atoms. The molecule has 13 heteroatoms. The number of Topliss-reactive ketones (excluding diaryl/α,β-unsaturated/α-hetero) is 2. The van der Waals surface area contributed by atoms with E-state index in [9.17, 15) is 24.6 Å². The van der Waals surface area contributed by atoms with Crippen LogP contribution in [0.25, 0.3) is 11.4 Å². The Morgan fingerprint density at radius 1 is 1.13 bits per heavy atom. The monoisotopic (exact) mass is 635 g/mol. The molecule has 45 heavy (non-hydrogen) atoms. The van der Waals surface area contributed by atoms with Gasteiger partial charge in [0.15, 0.2) is 28.8 Å². The number of hydrogen-bond acceptors (Lipinski definition) is 13. The summed E-state index contributed by atoms with van der Waals surface area (Å²) in [6.45, 7) is 5.79. The van der Waals surface area contributed by atoms with Gasteiger partial charge in [-0.1, -0.05) is 5.16 Å². The highest BCUT2D eigenvalue weighted by Gasteiger charge is 2.56. The number of carbonyl (C=O) groups excluding carboxylic acids is 3. The summed E-state index contributed by atoms with van der Waals surface area (Å²) in [5, 5.41) is 29.1. The number of aromatic nitrogens is 2. The van der Waals surface area contributed by atoms with Gasteiger partial charge in [0, 0.05) is 22.9 Å². The molecule has 1 unspecified atom stereocenters. The van der Waals surface area contributed by atoms with Crippen LogP contribution in [0.5, 0.6) is 28.7 Å². The summed E-state index contributed by atoms with van der Waals surface area (Å²) < 4.78 is 22.2. The Hall–Kier alpha value is -4.78. The SMILES string of the molecule is COc1ccc(-c2noc(C(CCSC)N/C(C)=C3\C(=O)C=C4Oc5c(C(C)=O)c(O)c(C)c(O)c5[C@]4(C)C3=O)n2)cc1OC. The summed E-state index contributed by atoms with van der Waals surface area (Å²) in [4.78, 5) is 44.7. The quantitative estimate of drug-likeness (QED) is 0.159. The average Bonchev–Trinajstić information content (AvgIpc) is 3.61. The predicted octanol–water partition coefficient (Wildman–Crippen LogP) is 4.72. The molecule has 1 aromatic heterocycles. The lowest BCUT2D eigenvalue weighted by molar-refractivity contribution is -0.123. The molecule has 1 aliphatic heterocycles. The molecule has 2 atom stereocenters. The van der Waals surface area contributed by atoms with Gasteiger partial charge in [-0.15, -0.1) is 0 Å². The summed E-state index contributed by atoms with van der Waals surface area (Å²) in [5.74, 6) is -0.489. The van der Waals surface area contributed by atoms with E-state index >= 15 is 0 Å². The number of methoxy groups -OCH3 is 2. The summed E-state index contributed by atoms with van der Waals surface area (Å²) in [7, 11) is 3.07. The topological polar surface area (TPSA) is 170 Å². The van der Waals surface area contributed by atoms with Gasteiger partial charge in [0.2, 0.25) is 11.7 Å². The third-order valence-electron chi connectivity index (χ3n) is 8.14. The molecule has 0 bridgehead atoms. The zero-order valence-electron chi connectivity index (χ0n) is 25.9. The van der Waals surface area contributed by atoms with Crippen molar-refractivity contribution in [1.29, 1.82) is 0 Å². The van der Waals surface area contributed by atoms with Gasteiger partial charge in [0.1, 0.15) is 40.0 Å². The van der Waals surface area contributed by atoms with Crippen molar-refractivity contribution in [2.45, 2.75) is 45.6 Å². The largest absolute Gasteiger partial charge is 0.507 e. The van der Waals surface area contributed by atoms with E-state index in [1.807, 2.05) is 6.26 Å². The smallest absolute Gasteiger partial charge is 0.249 e. The van der Waals surface area contributed by atoms with Crippen LogP contribution >= 0.6 is 11.8 Å². The second kappa shape index (κ2) is 12.0. The number of rotatable bonds is 10. The Labute approximate surface area is 263 Å². The van der Waals surface area contributed by atoms with E-state index in [0.717, 1.165) is 0 Å². The van der Waals surface area contributed by atoms with Crippen molar-refractivity contribution in [3.8, 4) is 40.1 Å². The van der Waals surface area contributed by atoms with Crippen LogP contribution in [-0.2, 0) is 15.0 Å². The summed E-state index contributed by atoms with van der Waals surface area (Å²) in [6.07, 6.45) is 3.65. The second-order valence-electron chi connectivity index (χ2n) is 10.9. The Morgan fingerprint density at radius 3 is 2.49 bits per heavy atom. The molecule has 2 heterocycles. The first kappa shape index (κ1) is 31.6. The number of ether oxygens (including phenoxy) is 3. The van der Waals surface area contributed by atoms with Crippen LogP contribution < -0.4 is 19.5 Å². The van der Waals surface area contributed by atoms with Crippen molar-refractivity contribution in [3.05, 3.63) is 63.9 Å². The van der Waals surface area contributed by atoms with Crippen LogP contribution in [-0.4, -0.2) is 63.9 Å². The highest BCUT2D eigenvalue weighted by Crippen LogP contribution is 2.57. The molecular weight excluding hydrogens is 602 g/mol. The van der Waals surface area contributed by atoms with Crippen molar-refractivity contribution >= 4 is 29.1 Å². The van der Waals surface area contributed by atoms with Gasteiger partial charge in [-0.3, -0.25) is 14.4 Å². The molecule has 0 radical (unpaired) electrons. The highest BCUT2D eigenvalue weighted by atomic mass is 32.2. The van der Waals surface area contributed by atoms with Crippen molar-refractivity contribution in [1.82, 2.24) is 15.5 Å². The van der Waals surface area contributed by atoms with Crippen molar-refractivity contribution in [2.24, 2.45) is 0 Å². The van der Waals surface area contributed by atoms with Gasteiger partial charge < -0.3 is 34.3 Å². The van der Waals surface area contributed by atoms with Crippen molar-refractivity contribution in [3.63, 3.8) is 0 Å². The number of allylic oxidation sites excluding steroid dienone is 4. The number of phenolic OH excluding ortho intramolecular Hbond substituents is 2. The van der Waals surface area contributed by atoms with E-state index in [-0.39, 0.29) is 45.4 Å². The van der Waals surface area contributed by atoms with Gasteiger partial charge in [-0.05, 0) is 64.3 Å². The molecule has 5 rings (SSSR count). The van der Waals surface area contributed by atoms with Gasteiger partial charge in [-0.25, -0.2) is 0 Å². The first-order valence-electron chi connectivity index (χ1n) is 14.0. The molecule has 3 aromatic rings. The maximum Gasteiger partial charge on any atom is 0.249 e. The van der Waals surface area contributed by atoms with E-state index in [1.165, 1.54) is 41.1 Å². The number of benzene rings is 2. The molecule has 236 valence electrons. The lowest BCUT2D eigenvalue weighted by Gasteiger charge is -2.29. The number of thioether (sulfide) groups is 1. The number of ketones is 3. The van der Waals surface area contributed by atoms with E-state index in [1.54, 1.807) is 36.9 Å². The molecule has 3 N–H and O–H groups in total. The summed E-state index contributed by atoms with van der Waals surface area (Å²) >= 11 is 1.60. The van der Waals surface area contributed by atoms with Gasteiger partial charge in [0.05, 0.1) is 25.4 Å². The molecule has 0 amide bonds. The maximum atomic E-state index is 14.2. The van der Waals surface area contributed by atoms with E-state index in [0.29, 0.717) is 35.1 Å². The van der Waals surface area contributed by atoms with Crippen LogP contribution in [0.15, 0.2) is 45.8 Å². The second-order valence-corrected chi connectivity index (χ2v) is 11.9. The minimum absolute atomic E-state index is 0.0208. The third kappa shape index (κ3) is 5.10. The fourth-order valence-corrected chi connectivity index (χ4v) is 6.13. The molecule has 0 saturated heterocycles. The Kier molecular flexibility index (Phi) is 8.41. The molecule has 0 saturated carbocycles. The average molecular weight is 636 g/mol. The fourth-order valence-electron chi connectivity index (χ4n) is 5.66. The minimum atomic E-state index is -1.63. The highest BCUT2D eigenvalue weighted by molar-refractivity contribution is 7.98. The van der Waals surface area contributed by atoms with Gasteiger partial charge in [-0.2, -0.15) is 16.7 Å². The van der Waals surface area contributed by atoms with Crippen LogP contribution in [0, 0.1) is 6.92 Å². The first-order valence-corrected chi connectivity index (χ1v) is 15.4. The normalized spacial score (nSPS) is 18.9. The molecule has 2 aliphatic rings. The molecule has 12 nitrogen and oxygen atoms in total. The number of aromatic hydroxyl groups is 2. The maximum absolute atomic E-state index is 14.2. The molecule has 1 aliphatic carbocycles. The third-order valence-corrected chi connectivity index (χ3v) is 8.79. The van der Waals surface area contributed by atoms with Crippen LogP contribution in [0.2, 0.25) is 0 Å². The van der Waals surface area contributed by atoms with Gasteiger partial charge >= 0.3 is 0 Å². The Balaban J connectivity index is 1.54. The number of hydrogen-bond donors (Lipinski definition) is 3. The molecule has 2 aromatic carbocycles. The molecule has 0 fully saturated rings.